The summed E-state index contributed by atoms with van der Waals surface area (Å²) in [6, 6.07) is 0.920. The fourth-order valence-electron chi connectivity index (χ4n) is 1.05. The summed E-state index contributed by atoms with van der Waals surface area (Å²) in [6.07, 6.45) is -5.05. The van der Waals surface area contributed by atoms with Crippen LogP contribution in [-0.2, 0) is 6.18 Å². The minimum absolute atomic E-state index is 0.0484. The fourth-order valence-corrected chi connectivity index (χ4v) is 1.28. The van der Waals surface area contributed by atoms with Gasteiger partial charge in [0, 0.05) is 5.56 Å². The summed E-state index contributed by atoms with van der Waals surface area (Å²) in [7, 11) is 0. The Hall–Kier alpha value is -1.05. The molecule has 0 bridgehead atoms. The van der Waals surface area contributed by atoms with Crippen LogP contribution in [-0.4, -0.2) is 10.6 Å². The van der Waals surface area contributed by atoms with Gasteiger partial charge in [-0.15, -0.1) is 0 Å². The van der Waals surface area contributed by atoms with Crippen molar-refractivity contribution in [1.29, 1.82) is 0 Å². The monoisotopic (exact) mass is 320 g/mol. The van der Waals surface area contributed by atoms with Gasteiger partial charge < -0.3 is 0 Å². The lowest BCUT2D eigenvalue weighted by Gasteiger charge is -2.11. The van der Waals surface area contributed by atoms with Crippen molar-refractivity contribution in [2.24, 2.45) is 0 Å². The number of hydrogen-bond donors (Lipinski definition) is 0. The van der Waals surface area contributed by atoms with Crippen molar-refractivity contribution in [3.05, 3.63) is 35.1 Å². The Morgan fingerprint density at radius 2 is 1.65 bits per heavy atom. The number of hydrogen-bond acceptors (Lipinski definition) is 1. The lowest BCUT2D eigenvalue weighted by Crippen LogP contribution is -2.21. The summed E-state index contributed by atoms with van der Waals surface area (Å²) in [5.41, 5.74) is -2.69. The molecule has 0 saturated heterocycles. The van der Waals surface area contributed by atoms with Gasteiger partial charge in [0.15, 0.2) is 0 Å². The molecule has 94 valence electrons. The molecular weight excluding hydrogens is 318 g/mol. The van der Waals surface area contributed by atoms with Gasteiger partial charge in [0.1, 0.15) is 5.82 Å². The molecule has 0 N–H and O–H groups in total. The second kappa shape index (κ2) is 4.32. The molecule has 8 heteroatoms. The third-order valence-corrected chi connectivity index (χ3v) is 2.15. The molecule has 0 aromatic heterocycles. The molecule has 0 aliphatic carbocycles. The SMILES string of the molecule is O=C(c1ccc(F)c(C(F)(F)F)c1)C(F)(F)Br. The van der Waals surface area contributed by atoms with Gasteiger partial charge in [0.25, 0.3) is 0 Å². The van der Waals surface area contributed by atoms with Crippen molar-refractivity contribution in [3.8, 4) is 0 Å². The van der Waals surface area contributed by atoms with Gasteiger partial charge in [-0.2, -0.15) is 22.0 Å². The van der Waals surface area contributed by atoms with Crippen LogP contribution in [0.15, 0.2) is 18.2 Å². The fraction of sp³-hybridized carbons (Fsp3) is 0.222. The molecule has 0 heterocycles. The van der Waals surface area contributed by atoms with Crippen LogP contribution in [0.25, 0.3) is 0 Å². The van der Waals surface area contributed by atoms with E-state index in [1.54, 1.807) is 15.9 Å². The average molecular weight is 321 g/mol. The number of Topliss-reactive ketones (excluding diaryl/α,β-unsaturated/α-hetero) is 1. The summed E-state index contributed by atoms with van der Waals surface area (Å²) in [6.45, 7) is 0. The van der Waals surface area contributed by atoms with Gasteiger partial charge in [-0.3, -0.25) is 4.79 Å². The lowest BCUT2D eigenvalue weighted by atomic mass is 10.1. The summed E-state index contributed by atoms with van der Waals surface area (Å²) in [5.74, 6) is -3.50. The topological polar surface area (TPSA) is 17.1 Å². The van der Waals surface area contributed by atoms with Crippen LogP contribution < -0.4 is 0 Å². The van der Waals surface area contributed by atoms with E-state index in [9.17, 15) is 31.1 Å². The van der Waals surface area contributed by atoms with Crippen molar-refractivity contribution in [1.82, 2.24) is 0 Å². The lowest BCUT2D eigenvalue weighted by molar-refractivity contribution is -0.140. The number of carbonyl (C=O) groups is 1. The molecule has 1 nitrogen and oxygen atoms in total. The van der Waals surface area contributed by atoms with Crippen LogP contribution in [0.1, 0.15) is 15.9 Å². The maximum absolute atomic E-state index is 12.8. The Morgan fingerprint density at radius 1 is 1.12 bits per heavy atom. The molecule has 0 fully saturated rings. The Balaban J connectivity index is 3.28. The highest BCUT2D eigenvalue weighted by Crippen LogP contribution is 2.34. The van der Waals surface area contributed by atoms with Crippen LogP contribution in [0.5, 0.6) is 0 Å². The molecule has 0 radical (unpaired) electrons. The minimum Gasteiger partial charge on any atom is -0.286 e. The molecule has 0 atom stereocenters. The van der Waals surface area contributed by atoms with Crippen LogP contribution >= 0.6 is 15.9 Å². The Morgan fingerprint density at radius 3 is 2.06 bits per heavy atom. The van der Waals surface area contributed by atoms with E-state index in [0.717, 1.165) is 0 Å². The molecular formula is C9H3BrF6O. The quantitative estimate of drug-likeness (QED) is 0.457. The molecule has 0 saturated carbocycles. The van der Waals surface area contributed by atoms with E-state index in [4.69, 9.17) is 0 Å². The summed E-state index contributed by atoms with van der Waals surface area (Å²) in [4.78, 5) is 6.98. The predicted molar refractivity (Wildman–Crippen MR) is 49.6 cm³/mol. The van der Waals surface area contributed by atoms with Gasteiger partial charge >= 0.3 is 11.0 Å². The van der Waals surface area contributed by atoms with Gasteiger partial charge in [-0.05, 0) is 34.1 Å². The molecule has 0 aliphatic heterocycles. The minimum atomic E-state index is -5.05. The average Bonchev–Trinajstić information content (AvgIpc) is 2.14. The highest BCUT2D eigenvalue weighted by Gasteiger charge is 2.39. The van der Waals surface area contributed by atoms with E-state index in [0.29, 0.717) is 12.1 Å². The number of alkyl halides is 6. The Labute approximate surface area is 99.5 Å². The highest BCUT2D eigenvalue weighted by molar-refractivity contribution is 9.10. The molecule has 17 heavy (non-hydrogen) atoms. The molecule has 0 aliphatic rings. The van der Waals surface area contributed by atoms with E-state index in [1.165, 1.54) is 0 Å². The smallest absolute Gasteiger partial charge is 0.286 e. The van der Waals surface area contributed by atoms with E-state index in [2.05, 4.69) is 0 Å². The highest BCUT2D eigenvalue weighted by atomic mass is 79.9. The van der Waals surface area contributed by atoms with Crippen LogP contribution in [0.4, 0.5) is 26.3 Å². The first-order chi connectivity index (χ1) is 7.53. The van der Waals surface area contributed by atoms with E-state index < -0.39 is 33.7 Å². The van der Waals surface area contributed by atoms with Crippen molar-refractivity contribution < 1.29 is 31.1 Å². The zero-order chi connectivity index (χ0) is 13.4. The zero-order valence-electron chi connectivity index (χ0n) is 7.79. The van der Waals surface area contributed by atoms with Crippen molar-refractivity contribution in [2.75, 3.05) is 0 Å². The molecule has 1 rings (SSSR count). The van der Waals surface area contributed by atoms with Crippen molar-refractivity contribution in [3.63, 3.8) is 0 Å². The van der Waals surface area contributed by atoms with Crippen LogP contribution in [0.2, 0.25) is 0 Å². The maximum Gasteiger partial charge on any atom is 0.419 e. The predicted octanol–water partition coefficient (Wildman–Crippen LogP) is 4.01. The Kier molecular flexibility index (Phi) is 3.56. The van der Waals surface area contributed by atoms with Crippen LogP contribution in [0.3, 0.4) is 0 Å². The van der Waals surface area contributed by atoms with E-state index in [1.807, 2.05) is 0 Å². The maximum atomic E-state index is 12.8. The van der Waals surface area contributed by atoms with E-state index >= 15 is 0 Å². The van der Waals surface area contributed by atoms with Crippen LogP contribution in [0, 0.1) is 5.82 Å². The molecule has 0 amide bonds. The second-order valence-corrected chi connectivity index (χ2v) is 4.02. The summed E-state index contributed by atoms with van der Waals surface area (Å²) >= 11 is 1.72. The molecule has 1 aromatic rings. The molecule has 0 unspecified atom stereocenters. The van der Waals surface area contributed by atoms with Gasteiger partial charge in [0.2, 0.25) is 5.78 Å². The number of ketones is 1. The summed E-state index contributed by atoms with van der Waals surface area (Å²) in [5, 5.41) is 0. The van der Waals surface area contributed by atoms with Gasteiger partial charge in [0.05, 0.1) is 5.56 Å². The number of carbonyl (C=O) groups excluding carboxylic acids is 1. The zero-order valence-corrected chi connectivity index (χ0v) is 9.37. The number of rotatable bonds is 2. The largest absolute Gasteiger partial charge is 0.419 e. The first-order valence-electron chi connectivity index (χ1n) is 4.02. The first-order valence-corrected chi connectivity index (χ1v) is 4.81. The second-order valence-electron chi connectivity index (χ2n) is 3.02. The third-order valence-electron chi connectivity index (χ3n) is 1.79. The Bertz CT molecular complexity index is 448. The normalized spacial score (nSPS) is 12.6. The number of halogens is 7. The first kappa shape index (κ1) is 14.0. The summed E-state index contributed by atoms with van der Waals surface area (Å²) < 4.78 is 74.6. The van der Waals surface area contributed by atoms with Crippen molar-refractivity contribution in [2.45, 2.75) is 11.0 Å². The molecule has 1 aromatic carbocycles. The third kappa shape index (κ3) is 3.21. The van der Waals surface area contributed by atoms with E-state index in [-0.39, 0.29) is 6.07 Å². The van der Waals surface area contributed by atoms with Gasteiger partial charge in [-0.25, -0.2) is 4.39 Å². The van der Waals surface area contributed by atoms with Crippen molar-refractivity contribution >= 4 is 21.7 Å². The standard InChI is InChI=1S/C9H3BrF6O/c10-8(12,13)7(17)4-1-2-6(11)5(3-4)9(14,15)16/h1-3H. The number of benzene rings is 1. The van der Waals surface area contributed by atoms with Gasteiger partial charge in [-0.1, -0.05) is 0 Å². The molecule has 0 spiro atoms.